The van der Waals surface area contributed by atoms with Gasteiger partial charge in [-0.25, -0.2) is 17.7 Å². The summed E-state index contributed by atoms with van der Waals surface area (Å²) in [5, 5.41) is 0.733. The highest BCUT2D eigenvalue weighted by Crippen LogP contribution is 2.42. The highest BCUT2D eigenvalue weighted by molar-refractivity contribution is 7.88. The fraction of sp³-hybridized carbons (Fsp3) is 0.500. The fourth-order valence-electron chi connectivity index (χ4n) is 4.32. The zero-order valence-electron chi connectivity index (χ0n) is 16.4. The first-order valence-corrected chi connectivity index (χ1v) is 11.7. The van der Waals surface area contributed by atoms with Crippen molar-refractivity contribution in [2.45, 2.75) is 44.7 Å². The lowest BCUT2D eigenvalue weighted by Gasteiger charge is -2.34. The van der Waals surface area contributed by atoms with E-state index in [4.69, 9.17) is 16.6 Å². The number of fused-ring (bicyclic) bond motifs is 1. The lowest BCUT2D eigenvalue weighted by atomic mass is 9.94. The first kappa shape index (κ1) is 19.6. The molecule has 0 saturated carbocycles. The van der Waals surface area contributed by atoms with Gasteiger partial charge >= 0.3 is 0 Å². The van der Waals surface area contributed by atoms with E-state index in [0.717, 1.165) is 35.9 Å². The van der Waals surface area contributed by atoms with Gasteiger partial charge in [0, 0.05) is 36.8 Å². The second kappa shape index (κ2) is 6.97. The highest BCUT2D eigenvalue weighted by atomic mass is 35.5. The van der Waals surface area contributed by atoms with E-state index < -0.39 is 10.0 Å². The van der Waals surface area contributed by atoms with Crippen LogP contribution in [0.3, 0.4) is 0 Å². The van der Waals surface area contributed by atoms with Gasteiger partial charge in [0.05, 0.1) is 23.7 Å². The summed E-state index contributed by atoms with van der Waals surface area (Å²) < 4.78 is 25.4. The standard InChI is InChI=1S/C20H25ClN4O2S/c1-20(2)17-9-16(21)7-6-14(17)13-25(20)19-11-22-10-18(23-19)15-5-4-8-24(12-15)28(3,26)27/h6-7,9-11,15H,4-5,8,12-13H2,1-3H3. The van der Waals surface area contributed by atoms with Crippen molar-refractivity contribution in [3.05, 3.63) is 52.4 Å². The van der Waals surface area contributed by atoms with Crippen LogP contribution in [0.5, 0.6) is 0 Å². The maximum Gasteiger partial charge on any atom is 0.211 e. The van der Waals surface area contributed by atoms with E-state index in [1.165, 1.54) is 17.4 Å². The first-order valence-electron chi connectivity index (χ1n) is 9.50. The van der Waals surface area contributed by atoms with Gasteiger partial charge in [-0.15, -0.1) is 0 Å². The maximum absolute atomic E-state index is 11.9. The number of aromatic nitrogens is 2. The van der Waals surface area contributed by atoms with E-state index in [1.54, 1.807) is 16.7 Å². The van der Waals surface area contributed by atoms with Crippen molar-refractivity contribution in [2.75, 3.05) is 24.2 Å². The monoisotopic (exact) mass is 420 g/mol. The molecule has 2 aliphatic heterocycles. The van der Waals surface area contributed by atoms with Crippen molar-refractivity contribution in [1.82, 2.24) is 14.3 Å². The molecule has 3 heterocycles. The molecule has 0 radical (unpaired) electrons. The van der Waals surface area contributed by atoms with Crippen molar-refractivity contribution in [1.29, 1.82) is 0 Å². The van der Waals surface area contributed by atoms with Gasteiger partial charge in [0.25, 0.3) is 0 Å². The van der Waals surface area contributed by atoms with Gasteiger partial charge in [0.2, 0.25) is 10.0 Å². The van der Waals surface area contributed by atoms with Gasteiger partial charge in [-0.05, 0) is 49.9 Å². The van der Waals surface area contributed by atoms with E-state index in [1.807, 2.05) is 12.1 Å². The average molecular weight is 421 g/mol. The minimum Gasteiger partial charge on any atom is -0.342 e. The molecule has 6 nitrogen and oxygen atoms in total. The molecule has 0 amide bonds. The van der Waals surface area contributed by atoms with E-state index in [9.17, 15) is 8.42 Å². The topological polar surface area (TPSA) is 66.4 Å². The second-order valence-corrected chi connectivity index (χ2v) is 10.6. The Balaban J connectivity index is 1.63. The summed E-state index contributed by atoms with van der Waals surface area (Å²) in [5.41, 5.74) is 3.05. The third-order valence-corrected chi connectivity index (χ3v) is 7.43. The summed E-state index contributed by atoms with van der Waals surface area (Å²) in [5.74, 6) is 0.879. The van der Waals surface area contributed by atoms with Gasteiger partial charge in [-0.3, -0.25) is 4.98 Å². The molecule has 0 aliphatic carbocycles. The lowest BCUT2D eigenvalue weighted by molar-refractivity contribution is 0.314. The summed E-state index contributed by atoms with van der Waals surface area (Å²) in [7, 11) is -3.19. The molecule has 1 aromatic carbocycles. The van der Waals surface area contributed by atoms with Gasteiger partial charge in [0.15, 0.2) is 0 Å². The van der Waals surface area contributed by atoms with Crippen LogP contribution in [0.1, 0.15) is 49.4 Å². The number of halogens is 1. The smallest absolute Gasteiger partial charge is 0.211 e. The van der Waals surface area contributed by atoms with Crippen LogP contribution in [-0.4, -0.2) is 42.0 Å². The Labute approximate surface area is 171 Å². The molecule has 1 unspecified atom stereocenters. The molecule has 1 atom stereocenters. The molecular weight excluding hydrogens is 396 g/mol. The maximum atomic E-state index is 11.9. The zero-order chi connectivity index (χ0) is 20.1. The van der Waals surface area contributed by atoms with Crippen LogP contribution in [-0.2, 0) is 22.1 Å². The first-order chi connectivity index (χ1) is 13.2. The SMILES string of the molecule is CC1(C)c2cc(Cl)ccc2CN1c1cncc(C2CCCN(S(C)(=O)=O)C2)n1. The average Bonchev–Trinajstić information content (AvgIpc) is 2.92. The number of anilines is 1. The molecule has 2 aliphatic rings. The summed E-state index contributed by atoms with van der Waals surface area (Å²) >= 11 is 6.22. The number of sulfonamides is 1. The highest BCUT2D eigenvalue weighted by Gasteiger charge is 2.38. The van der Waals surface area contributed by atoms with E-state index in [0.29, 0.717) is 13.1 Å². The minimum atomic E-state index is -3.19. The van der Waals surface area contributed by atoms with E-state index in [2.05, 4.69) is 29.8 Å². The largest absolute Gasteiger partial charge is 0.342 e. The van der Waals surface area contributed by atoms with Crippen LogP contribution in [0.2, 0.25) is 5.02 Å². The van der Waals surface area contributed by atoms with Gasteiger partial charge < -0.3 is 4.90 Å². The molecule has 28 heavy (non-hydrogen) atoms. The lowest BCUT2D eigenvalue weighted by Crippen LogP contribution is -2.39. The number of rotatable bonds is 3. The molecule has 1 saturated heterocycles. The van der Waals surface area contributed by atoms with E-state index in [-0.39, 0.29) is 11.5 Å². The van der Waals surface area contributed by atoms with Crippen LogP contribution >= 0.6 is 11.6 Å². The molecule has 150 valence electrons. The summed E-state index contributed by atoms with van der Waals surface area (Å²) in [4.78, 5) is 11.6. The molecule has 1 fully saturated rings. The number of nitrogens with zero attached hydrogens (tertiary/aromatic N) is 4. The van der Waals surface area contributed by atoms with Crippen LogP contribution in [0.15, 0.2) is 30.6 Å². The summed E-state index contributed by atoms with van der Waals surface area (Å²) in [6.45, 7) is 6.12. The number of benzene rings is 1. The van der Waals surface area contributed by atoms with E-state index >= 15 is 0 Å². The Morgan fingerprint density at radius 1 is 1.25 bits per heavy atom. The quantitative estimate of drug-likeness (QED) is 0.759. The van der Waals surface area contributed by atoms with Crippen molar-refractivity contribution < 1.29 is 8.42 Å². The number of hydrogen-bond acceptors (Lipinski definition) is 5. The predicted molar refractivity (Wildman–Crippen MR) is 111 cm³/mol. The van der Waals surface area contributed by atoms with Crippen molar-refractivity contribution in [3.8, 4) is 0 Å². The summed E-state index contributed by atoms with van der Waals surface area (Å²) in [6.07, 6.45) is 6.59. The van der Waals surface area contributed by atoms with Crippen LogP contribution < -0.4 is 4.90 Å². The van der Waals surface area contributed by atoms with Crippen molar-refractivity contribution in [3.63, 3.8) is 0 Å². The Morgan fingerprint density at radius 2 is 2.04 bits per heavy atom. The van der Waals surface area contributed by atoms with Gasteiger partial charge in [-0.2, -0.15) is 0 Å². The molecule has 0 bridgehead atoms. The number of hydrogen-bond donors (Lipinski definition) is 0. The summed E-state index contributed by atoms with van der Waals surface area (Å²) in [6, 6.07) is 6.02. The van der Waals surface area contributed by atoms with Crippen molar-refractivity contribution in [2.24, 2.45) is 0 Å². The third kappa shape index (κ3) is 3.51. The van der Waals surface area contributed by atoms with Crippen molar-refractivity contribution >= 4 is 27.4 Å². The third-order valence-electron chi connectivity index (χ3n) is 5.92. The normalized spacial score (nSPS) is 22.3. The molecule has 4 rings (SSSR count). The molecule has 2 aromatic rings. The molecule has 0 spiro atoms. The second-order valence-electron chi connectivity index (χ2n) is 8.21. The van der Waals surface area contributed by atoms with Crippen LogP contribution in [0.4, 0.5) is 5.82 Å². The molecular formula is C20H25ClN4O2S. The van der Waals surface area contributed by atoms with Gasteiger partial charge in [-0.1, -0.05) is 17.7 Å². The predicted octanol–water partition coefficient (Wildman–Crippen LogP) is 3.52. The van der Waals surface area contributed by atoms with Crippen LogP contribution in [0.25, 0.3) is 0 Å². The molecule has 0 N–H and O–H groups in total. The van der Waals surface area contributed by atoms with Gasteiger partial charge in [0.1, 0.15) is 5.82 Å². The molecule has 8 heteroatoms. The van der Waals surface area contributed by atoms with Crippen LogP contribution in [0, 0.1) is 0 Å². The number of piperidine rings is 1. The fourth-order valence-corrected chi connectivity index (χ4v) is 5.40. The zero-order valence-corrected chi connectivity index (χ0v) is 18.0. The Hall–Kier alpha value is -1.70. The Morgan fingerprint density at radius 3 is 2.79 bits per heavy atom. The Bertz CT molecular complexity index is 1010. The Kier molecular flexibility index (Phi) is 4.88. The minimum absolute atomic E-state index is 0.0680. The molecule has 1 aromatic heterocycles.